The van der Waals surface area contributed by atoms with Gasteiger partial charge in [-0.1, -0.05) is 0 Å². The number of aromatic hydroxyl groups is 1. The number of sulfone groups is 2. The average Bonchev–Trinajstić information content (AvgIpc) is 3.12. The largest absolute Gasteiger partial charge is 0.506 e. The van der Waals surface area contributed by atoms with E-state index in [9.17, 15) is 69.5 Å². The first kappa shape index (κ1) is 51.7. The monoisotopic (exact) mass is 1040 g/mol. The molecule has 0 aliphatic rings. The molecule has 64 heavy (non-hydrogen) atoms. The minimum atomic E-state index is -5.30. The number of aromatic nitrogens is 3. The van der Waals surface area contributed by atoms with E-state index in [4.69, 9.17) is 25.4 Å². The SMILES string of the molecule is COc1cc(N=Nc2ccc(S(=O)(=O)CCOS(=O)(=O)O)cc2S(=O)(=O)O)c(NC(C)=O)cc1Cc1nc(Cl)nc(Cc2cc(S(=O)(=O)CCOS(=O)(=O)O)cc(S(=O)(=O)O)c2O)n1. The van der Waals surface area contributed by atoms with Crippen LogP contribution in [0, 0.1) is 0 Å². The predicted octanol–water partition coefficient (Wildman–Crippen LogP) is 1.47. The lowest BCUT2D eigenvalue weighted by atomic mass is 10.1. The van der Waals surface area contributed by atoms with Crippen molar-refractivity contribution in [3.8, 4) is 11.5 Å². The van der Waals surface area contributed by atoms with Gasteiger partial charge in [0.05, 0.1) is 47.3 Å². The predicted molar refractivity (Wildman–Crippen MR) is 215 cm³/mol. The van der Waals surface area contributed by atoms with Gasteiger partial charge in [-0.3, -0.25) is 23.0 Å². The lowest BCUT2D eigenvalue weighted by molar-refractivity contribution is -0.114. The highest BCUT2D eigenvalue weighted by atomic mass is 35.5. The van der Waals surface area contributed by atoms with Gasteiger partial charge in [0, 0.05) is 37.0 Å². The molecule has 0 atom stereocenters. The number of azo groups is 1. The Hall–Kier alpha value is -4.91. The van der Waals surface area contributed by atoms with Crippen molar-refractivity contribution < 1.29 is 91.7 Å². The second kappa shape index (κ2) is 19.7. The number of amides is 1. The van der Waals surface area contributed by atoms with Crippen LogP contribution in [0.5, 0.6) is 11.5 Å². The number of carbonyl (C=O) groups excluding carboxylic acids is 1. The second-order valence-electron chi connectivity index (χ2n) is 12.5. The number of hydrogen-bond donors (Lipinski definition) is 6. The number of hydrogen-bond acceptors (Lipinski definition) is 22. The third-order valence-electron chi connectivity index (χ3n) is 7.87. The molecular weight excluding hydrogens is 1010 g/mol. The maximum absolute atomic E-state index is 13.0. The number of rotatable bonds is 20. The van der Waals surface area contributed by atoms with E-state index in [1.165, 1.54) is 19.2 Å². The Labute approximate surface area is 368 Å². The molecule has 3 aromatic carbocycles. The lowest BCUT2D eigenvalue weighted by Crippen LogP contribution is -2.16. The van der Waals surface area contributed by atoms with E-state index in [1.807, 2.05) is 0 Å². The van der Waals surface area contributed by atoms with Crippen LogP contribution in [0.25, 0.3) is 0 Å². The molecule has 4 aromatic rings. The van der Waals surface area contributed by atoms with Crippen molar-refractivity contribution in [1.82, 2.24) is 15.0 Å². The average molecular weight is 1040 g/mol. The molecule has 350 valence electrons. The Morgan fingerprint density at radius 3 is 1.67 bits per heavy atom. The molecule has 6 N–H and O–H groups in total. The van der Waals surface area contributed by atoms with Crippen LogP contribution in [0.3, 0.4) is 0 Å². The summed E-state index contributed by atoms with van der Waals surface area (Å²) in [5.74, 6) is -4.46. The molecule has 27 nitrogen and oxygen atoms in total. The summed E-state index contributed by atoms with van der Waals surface area (Å²) in [6.07, 6.45) is -0.992. The fourth-order valence-electron chi connectivity index (χ4n) is 5.22. The van der Waals surface area contributed by atoms with Gasteiger partial charge < -0.3 is 15.2 Å². The highest BCUT2D eigenvalue weighted by molar-refractivity contribution is 7.92. The first-order chi connectivity index (χ1) is 29.3. The summed E-state index contributed by atoms with van der Waals surface area (Å²) < 4.78 is 194. The Kier molecular flexibility index (Phi) is 15.9. The van der Waals surface area contributed by atoms with Crippen molar-refractivity contribution in [3.05, 3.63) is 70.5 Å². The van der Waals surface area contributed by atoms with E-state index in [1.54, 1.807) is 0 Å². The summed E-state index contributed by atoms with van der Waals surface area (Å²) in [6.45, 7) is -1.05. The third kappa shape index (κ3) is 14.6. The molecule has 1 amide bonds. The van der Waals surface area contributed by atoms with Crippen LogP contribution in [-0.2, 0) is 86.7 Å². The van der Waals surface area contributed by atoms with Crippen LogP contribution < -0.4 is 10.1 Å². The van der Waals surface area contributed by atoms with Gasteiger partial charge in [-0.05, 0) is 48.0 Å². The van der Waals surface area contributed by atoms with E-state index in [2.05, 4.69) is 38.9 Å². The van der Waals surface area contributed by atoms with Gasteiger partial charge in [0.25, 0.3) is 20.2 Å². The number of methoxy groups -OCH3 is 1. The number of anilines is 1. The summed E-state index contributed by atoms with van der Waals surface area (Å²) in [5.41, 5.74) is -1.27. The zero-order chi connectivity index (χ0) is 48.2. The van der Waals surface area contributed by atoms with Crippen molar-refractivity contribution in [1.29, 1.82) is 0 Å². The normalized spacial score (nSPS) is 13.0. The van der Waals surface area contributed by atoms with Gasteiger partial charge in [-0.15, -0.1) is 10.2 Å². The first-order valence-corrected chi connectivity index (χ1v) is 26.0. The molecule has 1 heterocycles. The van der Waals surface area contributed by atoms with Crippen molar-refractivity contribution >= 4 is 95.3 Å². The molecule has 4 rings (SSSR count). The highest BCUT2D eigenvalue weighted by Crippen LogP contribution is 2.37. The molecule has 1 aromatic heterocycles. The van der Waals surface area contributed by atoms with Crippen molar-refractivity contribution in [2.45, 2.75) is 39.3 Å². The highest BCUT2D eigenvalue weighted by Gasteiger charge is 2.27. The number of nitrogens with one attached hydrogen (secondary N) is 1. The summed E-state index contributed by atoms with van der Waals surface area (Å²) in [5, 5.41) is 20.5. The number of benzene rings is 3. The molecular formula is C30H31ClN6O21S6. The fourth-order valence-corrected chi connectivity index (χ4v) is 9.93. The van der Waals surface area contributed by atoms with Gasteiger partial charge in [-0.2, -0.15) is 33.7 Å². The van der Waals surface area contributed by atoms with E-state index in [-0.39, 0.29) is 40.8 Å². The van der Waals surface area contributed by atoms with Crippen LogP contribution in [-0.4, -0.2) is 127 Å². The smallest absolute Gasteiger partial charge is 0.397 e. The quantitative estimate of drug-likeness (QED) is 0.0539. The van der Waals surface area contributed by atoms with Crippen LogP contribution in [0.4, 0.5) is 17.1 Å². The molecule has 0 unspecified atom stereocenters. The van der Waals surface area contributed by atoms with E-state index in [0.717, 1.165) is 25.1 Å². The Balaban J connectivity index is 1.73. The van der Waals surface area contributed by atoms with Crippen molar-refractivity contribution in [3.63, 3.8) is 0 Å². The van der Waals surface area contributed by atoms with Gasteiger partial charge >= 0.3 is 20.8 Å². The summed E-state index contributed by atoms with van der Waals surface area (Å²) in [6, 6.07) is 5.80. The number of ether oxygens (including phenoxy) is 1. The Bertz CT molecular complexity index is 3220. The zero-order valence-corrected chi connectivity index (χ0v) is 37.8. The number of nitrogens with zero attached hydrogens (tertiary/aromatic N) is 5. The maximum atomic E-state index is 13.0. The molecule has 0 saturated carbocycles. The van der Waals surface area contributed by atoms with Crippen LogP contribution in [0.15, 0.2) is 72.3 Å². The fraction of sp³-hybridized carbons (Fsp3) is 0.267. The molecule has 0 saturated heterocycles. The standard InChI is InChI=1S/C30H31ClN6O21S6/c1-16(38)32-22-10-17(24(56-2)15-23(22)37-36-21-4-3-19(13-25(21)61(44,45)46)59(40,41)7-5-57-63(50,51)52)11-27-33-28(35-30(31)34-27)12-18-9-20(14-26(29(18)39)62(47,48)49)60(42,43)8-6-58-64(53,54)55/h3-4,9-10,13-15,39H,5-8,11-12H2,1-2H3,(H,32,38)(H,44,45,46)(H,47,48,49)(H,50,51,52)(H,53,54,55). The van der Waals surface area contributed by atoms with Crippen molar-refractivity contribution in [2.75, 3.05) is 37.1 Å². The summed E-state index contributed by atoms with van der Waals surface area (Å²) >= 11 is 6.15. The lowest BCUT2D eigenvalue weighted by Gasteiger charge is -2.14. The molecule has 34 heteroatoms. The van der Waals surface area contributed by atoms with E-state index in [0.29, 0.717) is 12.1 Å². The maximum Gasteiger partial charge on any atom is 0.397 e. The van der Waals surface area contributed by atoms with Crippen LogP contribution >= 0.6 is 11.6 Å². The number of halogens is 1. The van der Waals surface area contributed by atoms with Gasteiger partial charge in [0.15, 0.2) is 19.7 Å². The number of phenolic OH excluding ortho intramolecular Hbond substituents is 1. The van der Waals surface area contributed by atoms with E-state index >= 15 is 0 Å². The Morgan fingerprint density at radius 1 is 0.672 bits per heavy atom. The molecule has 0 spiro atoms. The van der Waals surface area contributed by atoms with Gasteiger partial charge in [0.1, 0.15) is 44.3 Å². The molecule has 0 aliphatic heterocycles. The first-order valence-electron chi connectivity index (χ1n) is 16.7. The third-order valence-corrected chi connectivity index (χ3v) is 14.1. The van der Waals surface area contributed by atoms with Gasteiger partial charge in [0.2, 0.25) is 11.2 Å². The number of carbonyl (C=O) groups is 1. The molecule has 0 aliphatic carbocycles. The molecule has 0 bridgehead atoms. The minimum absolute atomic E-state index is 0.0176. The molecule has 0 fully saturated rings. The van der Waals surface area contributed by atoms with Crippen LogP contribution in [0.2, 0.25) is 5.28 Å². The Morgan fingerprint density at radius 2 is 1.17 bits per heavy atom. The van der Waals surface area contributed by atoms with Gasteiger partial charge in [-0.25, -0.2) is 40.2 Å². The summed E-state index contributed by atoms with van der Waals surface area (Å²) in [7, 11) is -28.5. The second-order valence-corrected chi connectivity index (χ2v) is 22.0. The minimum Gasteiger partial charge on any atom is -0.506 e. The number of phenols is 1. The zero-order valence-electron chi connectivity index (χ0n) is 32.1. The van der Waals surface area contributed by atoms with Crippen molar-refractivity contribution in [2.24, 2.45) is 10.2 Å². The summed E-state index contributed by atoms with van der Waals surface area (Å²) in [4.78, 5) is 20.5. The molecule has 0 radical (unpaired) electrons. The topological polar surface area (TPSA) is 426 Å². The van der Waals surface area contributed by atoms with Crippen LogP contribution in [0.1, 0.15) is 29.7 Å². The van der Waals surface area contributed by atoms with E-state index < -0.39 is 140 Å².